The average Bonchev–Trinajstić information content (AvgIpc) is 3.33. The molecule has 0 radical (unpaired) electrons. The summed E-state index contributed by atoms with van der Waals surface area (Å²) < 4.78 is 7.33. The zero-order chi connectivity index (χ0) is 21.5. The van der Waals surface area contributed by atoms with E-state index < -0.39 is 0 Å². The molecule has 1 aliphatic carbocycles. The minimum atomic E-state index is -0.120. The maximum atomic E-state index is 12.6. The summed E-state index contributed by atoms with van der Waals surface area (Å²) in [7, 11) is 1.59. The number of rotatable bonds is 5. The zero-order valence-electron chi connectivity index (χ0n) is 17.7. The van der Waals surface area contributed by atoms with Gasteiger partial charge in [0.05, 0.1) is 23.9 Å². The fourth-order valence-electron chi connectivity index (χ4n) is 4.11. The molecule has 0 fully saturated rings. The molecule has 0 saturated heterocycles. The summed E-state index contributed by atoms with van der Waals surface area (Å²) in [5.41, 5.74) is 3.96. The number of benzene rings is 1. The Hall–Kier alpha value is -2.65. The van der Waals surface area contributed by atoms with Crippen LogP contribution in [0.4, 0.5) is 5.69 Å². The van der Waals surface area contributed by atoms with Gasteiger partial charge in [0.1, 0.15) is 16.4 Å². The molecule has 1 amide bonds. The molecule has 31 heavy (non-hydrogen) atoms. The van der Waals surface area contributed by atoms with Crippen molar-refractivity contribution in [3.05, 3.63) is 40.0 Å². The van der Waals surface area contributed by atoms with Crippen molar-refractivity contribution in [2.45, 2.75) is 44.7 Å². The Bertz CT molecular complexity index is 1310. The van der Waals surface area contributed by atoms with Crippen LogP contribution in [0, 0.1) is 13.8 Å². The number of anilines is 1. The number of amides is 1. The van der Waals surface area contributed by atoms with Gasteiger partial charge in [-0.1, -0.05) is 17.8 Å². The fourth-order valence-corrected chi connectivity index (χ4v) is 6.19. The summed E-state index contributed by atoms with van der Waals surface area (Å²) in [6.07, 6.45) is 4.65. The first-order chi connectivity index (χ1) is 15.0. The third-order valence-corrected chi connectivity index (χ3v) is 7.67. The lowest BCUT2D eigenvalue weighted by Gasteiger charge is -2.11. The van der Waals surface area contributed by atoms with Crippen molar-refractivity contribution in [2.75, 3.05) is 18.2 Å². The van der Waals surface area contributed by atoms with Crippen LogP contribution in [-0.4, -0.2) is 38.4 Å². The van der Waals surface area contributed by atoms with Crippen molar-refractivity contribution in [1.29, 1.82) is 0 Å². The summed E-state index contributed by atoms with van der Waals surface area (Å²) in [5, 5.41) is 13.7. The number of nitrogens with zero attached hydrogens (tertiary/aromatic N) is 4. The molecule has 160 valence electrons. The molecule has 0 aliphatic heterocycles. The SMILES string of the molecule is COc1ccc(C)cc1NC(=O)CSc1nnc2c3c4c(sc3nc(C)n12)CCCC4. The van der Waals surface area contributed by atoms with E-state index in [1.54, 1.807) is 18.4 Å². The minimum absolute atomic E-state index is 0.120. The molecule has 1 aromatic carbocycles. The summed E-state index contributed by atoms with van der Waals surface area (Å²) in [4.78, 5) is 19.9. The molecule has 0 spiro atoms. The highest BCUT2D eigenvalue weighted by Crippen LogP contribution is 2.38. The highest BCUT2D eigenvalue weighted by atomic mass is 32.2. The molecule has 5 rings (SSSR count). The van der Waals surface area contributed by atoms with Gasteiger partial charge in [0.2, 0.25) is 5.91 Å². The Morgan fingerprint density at radius 3 is 2.94 bits per heavy atom. The number of carbonyl (C=O) groups excluding carboxylic acids is 1. The van der Waals surface area contributed by atoms with Gasteiger partial charge in [0.15, 0.2) is 10.8 Å². The molecule has 4 aromatic rings. The lowest BCUT2D eigenvalue weighted by molar-refractivity contribution is -0.113. The fraction of sp³-hybridized carbons (Fsp3) is 0.364. The number of fused-ring (bicyclic) bond motifs is 5. The highest BCUT2D eigenvalue weighted by Gasteiger charge is 2.23. The summed E-state index contributed by atoms with van der Waals surface area (Å²) in [5.74, 6) is 1.58. The van der Waals surface area contributed by atoms with Crippen LogP contribution in [0.15, 0.2) is 23.4 Å². The molecule has 3 heterocycles. The molecule has 1 aliphatic rings. The van der Waals surface area contributed by atoms with Gasteiger partial charge < -0.3 is 10.1 Å². The highest BCUT2D eigenvalue weighted by molar-refractivity contribution is 7.99. The molecule has 3 aromatic heterocycles. The molecule has 1 N–H and O–H groups in total. The smallest absolute Gasteiger partial charge is 0.234 e. The standard InChI is InChI=1S/C22H23N5O2S2/c1-12-8-9-16(29-3)15(10-12)24-18(28)11-30-22-26-25-20-19-14-6-4-5-7-17(14)31-21(19)23-13(2)27(20)22/h8-10H,4-7,11H2,1-3H3,(H,24,28). The lowest BCUT2D eigenvalue weighted by atomic mass is 9.97. The molecule has 0 bridgehead atoms. The Morgan fingerprint density at radius 1 is 1.26 bits per heavy atom. The van der Waals surface area contributed by atoms with E-state index in [0.29, 0.717) is 16.6 Å². The second kappa shape index (κ2) is 8.12. The van der Waals surface area contributed by atoms with Gasteiger partial charge in [0.25, 0.3) is 0 Å². The predicted molar refractivity (Wildman–Crippen MR) is 125 cm³/mol. The number of thiophene rings is 1. The minimum Gasteiger partial charge on any atom is -0.495 e. The van der Waals surface area contributed by atoms with E-state index in [1.807, 2.05) is 36.4 Å². The normalized spacial score (nSPS) is 13.5. The maximum absolute atomic E-state index is 12.6. The maximum Gasteiger partial charge on any atom is 0.234 e. The number of methoxy groups -OCH3 is 1. The van der Waals surface area contributed by atoms with Gasteiger partial charge in [-0.2, -0.15) is 0 Å². The number of aryl methyl sites for hydroxylation is 4. The first-order valence-electron chi connectivity index (χ1n) is 10.3. The Labute approximate surface area is 188 Å². The van der Waals surface area contributed by atoms with E-state index >= 15 is 0 Å². The summed E-state index contributed by atoms with van der Waals surface area (Å²) >= 11 is 3.15. The number of hydrogen-bond donors (Lipinski definition) is 1. The number of aromatic nitrogens is 4. The quantitative estimate of drug-likeness (QED) is 0.446. The van der Waals surface area contributed by atoms with Crippen LogP contribution in [0.1, 0.15) is 34.7 Å². The van der Waals surface area contributed by atoms with Crippen LogP contribution in [0.5, 0.6) is 5.75 Å². The van der Waals surface area contributed by atoms with E-state index in [2.05, 4.69) is 15.5 Å². The molecule has 0 atom stereocenters. The molecule has 7 nitrogen and oxygen atoms in total. The lowest BCUT2D eigenvalue weighted by Crippen LogP contribution is -2.15. The van der Waals surface area contributed by atoms with E-state index in [9.17, 15) is 4.79 Å². The topological polar surface area (TPSA) is 81.4 Å². The molecule has 9 heteroatoms. The Morgan fingerprint density at radius 2 is 2.10 bits per heavy atom. The van der Waals surface area contributed by atoms with E-state index in [-0.39, 0.29) is 11.7 Å². The summed E-state index contributed by atoms with van der Waals surface area (Å²) in [6, 6.07) is 5.70. The second-order valence-electron chi connectivity index (χ2n) is 7.73. The first-order valence-corrected chi connectivity index (χ1v) is 12.1. The number of carbonyl (C=O) groups is 1. The molecular formula is C22H23N5O2S2. The number of ether oxygens (including phenoxy) is 1. The summed E-state index contributed by atoms with van der Waals surface area (Å²) in [6.45, 7) is 3.95. The molecular weight excluding hydrogens is 430 g/mol. The van der Waals surface area contributed by atoms with Crippen molar-refractivity contribution >= 4 is 50.6 Å². The van der Waals surface area contributed by atoms with Crippen LogP contribution >= 0.6 is 23.1 Å². The van der Waals surface area contributed by atoms with Crippen LogP contribution in [0.25, 0.3) is 15.9 Å². The third kappa shape index (κ3) is 3.65. The zero-order valence-corrected chi connectivity index (χ0v) is 19.3. The molecule has 0 saturated carbocycles. The Balaban J connectivity index is 1.41. The van der Waals surface area contributed by atoms with Gasteiger partial charge in [-0.3, -0.25) is 9.20 Å². The van der Waals surface area contributed by atoms with E-state index in [1.165, 1.54) is 35.0 Å². The Kier molecular flexibility index (Phi) is 5.31. The van der Waals surface area contributed by atoms with Crippen molar-refractivity contribution in [2.24, 2.45) is 0 Å². The van der Waals surface area contributed by atoms with Gasteiger partial charge in [-0.25, -0.2) is 4.98 Å². The van der Waals surface area contributed by atoms with Crippen molar-refractivity contribution in [1.82, 2.24) is 19.6 Å². The first kappa shape index (κ1) is 20.3. The monoisotopic (exact) mass is 453 g/mol. The van der Waals surface area contributed by atoms with E-state index in [0.717, 1.165) is 40.1 Å². The van der Waals surface area contributed by atoms with Crippen LogP contribution in [0.2, 0.25) is 0 Å². The van der Waals surface area contributed by atoms with E-state index in [4.69, 9.17) is 9.72 Å². The molecule has 0 unspecified atom stereocenters. The number of hydrogen-bond acceptors (Lipinski definition) is 7. The predicted octanol–water partition coefficient (Wildman–Crippen LogP) is 4.57. The second-order valence-corrected chi connectivity index (χ2v) is 9.76. The van der Waals surface area contributed by atoms with Crippen LogP contribution in [-0.2, 0) is 17.6 Å². The van der Waals surface area contributed by atoms with Gasteiger partial charge in [-0.15, -0.1) is 21.5 Å². The average molecular weight is 454 g/mol. The number of thioether (sulfide) groups is 1. The largest absolute Gasteiger partial charge is 0.495 e. The van der Waals surface area contributed by atoms with Gasteiger partial charge in [-0.05, 0) is 62.8 Å². The van der Waals surface area contributed by atoms with Crippen molar-refractivity contribution < 1.29 is 9.53 Å². The van der Waals surface area contributed by atoms with Crippen molar-refractivity contribution in [3.63, 3.8) is 0 Å². The van der Waals surface area contributed by atoms with Crippen LogP contribution < -0.4 is 10.1 Å². The third-order valence-electron chi connectivity index (χ3n) is 5.56. The van der Waals surface area contributed by atoms with Crippen molar-refractivity contribution in [3.8, 4) is 5.75 Å². The van der Waals surface area contributed by atoms with Crippen LogP contribution in [0.3, 0.4) is 0 Å². The number of nitrogens with one attached hydrogen (secondary N) is 1. The van der Waals surface area contributed by atoms with Gasteiger partial charge >= 0.3 is 0 Å². The van der Waals surface area contributed by atoms with Gasteiger partial charge in [0, 0.05) is 4.88 Å².